The van der Waals surface area contributed by atoms with Gasteiger partial charge in [0.25, 0.3) is 5.91 Å². The van der Waals surface area contributed by atoms with Crippen LogP contribution in [-0.4, -0.2) is 61.4 Å². The molecular formula is C37H37Cl2N5O3. The molecule has 1 fully saturated rings. The molecule has 0 aromatic heterocycles. The van der Waals surface area contributed by atoms with Crippen molar-refractivity contribution in [3.8, 4) is 0 Å². The highest BCUT2D eigenvalue weighted by Crippen LogP contribution is 2.25. The number of hydrogen-bond donors (Lipinski definition) is 3. The van der Waals surface area contributed by atoms with Gasteiger partial charge in [0, 0.05) is 61.4 Å². The number of carbonyl (C=O) groups is 3. The van der Waals surface area contributed by atoms with E-state index in [1.165, 1.54) is 0 Å². The molecule has 0 saturated carbocycles. The van der Waals surface area contributed by atoms with E-state index in [0.29, 0.717) is 61.3 Å². The van der Waals surface area contributed by atoms with Crippen molar-refractivity contribution in [2.45, 2.75) is 31.5 Å². The molecular weight excluding hydrogens is 633 g/mol. The number of nitrogens with zero attached hydrogens (tertiary/aromatic N) is 2. The van der Waals surface area contributed by atoms with Gasteiger partial charge in [-0.1, -0.05) is 83.9 Å². The van der Waals surface area contributed by atoms with Crippen LogP contribution >= 0.6 is 23.2 Å². The predicted molar refractivity (Wildman–Crippen MR) is 186 cm³/mol. The van der Waals surface area contributed by atoms with Crippen LogP contribution in [-0.2, 0) is 29.0 Å². The number of nitrogens with one attached hydrogen (secondary N) is 3. The average molecular weight is 671 g/mol. The summed E-state index contributed by atoms with van der Waals surface area (Å²) in [5.74, 6) is -0.523. The van der Waals surface area contributed by atoms with E-state index < -0.39 is 12.1 Å². The highest BCUT2D eigenvalue weighted by atomic mass is 35.5. The molecule has 242 valence electrons. The van der Waals surface area contributed by atoms with Gasteiger partial charge in [-0.2, -0.15) is 0 Å². The minimum absolute atomic E-state index is 0.133. The molecule has 1 unspecified atom stereocenters. The zero-order chi connectivity index (χ0) is 32.8. The fourth-order valence-corrected chi connectivity index (χ4v) is 6.51. The molecule has 8 nitrogen and oxygen atoms in total. The standard InChI is InChI=1S/C37H37Cl2N5O3/c38-28-13-9-25(10-14-28)23-32(42-36(46)34-30-6-2-1-5-27(30)17-18-40-34)37(47)44-21-19-43(20-22-44)33-8-4-3-7-31(33)35(45)41-24-26-11-15-29(39)16-12-26/h1-16,32,34,40H,17-24H2,(H,41,45)(H,42,46)/t32-,34?/m1/s1. The van der Waals surface area contributed by atoms with Gasteiger partial charge < -0.3 is 25.8 Å². The lowest BCUT2D eigenvalue weighted by Gasteiger charge is -2.38. The number of hydrogen-bond acceptors (Lipinski definition) is 5. The molecule has 2 heterocycles. The van der Waals surface area contributed by atoms with Gasteiger partial charge in [-0.3, -0.25) is 14.4 Å². The zero-order valence-corrected chi connectivity index (χ0v) is 27.4. The van der Waals surface area contributed by atoms with Gasteiger partial charge in [0.05, 0.1) is 5.56 Å². The molecule has 0 bridgehead atoms. The average Bonchev–Trinajstić information content (AvgIpc) is 3.11. The Labute approximate surface area is 285 Å². The van der Waals surface area contributed by atoms with Crippen molar-refractivity contribution < 1.29 is 14.4 Å². The van der Waals surface area contributed by atoms with E-state index in [1.807, 2.05) is 77.7 Å². The molecule has 0 radical (unpaired) electrons. The Morgan fingerprint density at radius 1 is 0.787 bits per heavy atom. The maximum absolute atomic E-state index is 14.1. The van der Waals surface area contributed by atoms with E-state index in [9.17, 15) is 14.4 Å². The van der Waals surface area contributed by atoms with Crippen LogP contribution in [0.15, 0.2) is 97.1 Å². The molecule has 0 aliphatic carbocycles. The van der Waals surface area contributed by atoms with Crippen molar-refractivity contribution in [1.29, 1.82) is 0 Å². The summed E-state index contributed by atoms with van der Waals surface area (Å²) >= 11 is 12.1. The molecule has 2 aliphatic rings. The second-order valence-electron chi connectivity index (χ2n) is 11.9. The summed E-state index contributed by atoms with van der Waals surface area (Å²) in [4.78, 5) is 44.9. The predicted octanol–water partition coefficient (Wildman–Crippen LogP) is 5.19. The first-order chi connectivity index (χ1) is 22.9. The number of carbonyl (C=O) groups excluding carboxylic acids is 3. The molecule has 47 heavy (non-hydrogen) atoms. The Hall–Kier alpha value is -4.37. The number of piperazine rings is 1. The normalized spacial score (nSPS) is 16.6. The Balaban J connectivity index is 1.13. The number of para-hydroxylation sites is 1. The van der Waals surface area contributed by atoms with Crippen LogP contribution in [0, 0.1) is 0 Å². The molecule has 0 spiro atoms. The van der Waals surface area contributed by atoms with E-state index in [4.69, 9.17) is 23.2 Å². The summed E-state index contributed by atoms with van der Waals surface area (Å²) in [6, 6.07) is 28.9. The number of halogens is 2. The van der Waals surface area contributed by atoms with E-state index in [2.05, 4.69) is 20.9 Å². The SMILES string of the molecule is O=C(NCc1ccc(Cl)cc1)c1ccccc1N1CCN(C(=O)[C@@H](Cc2ccc(Cl)cc2)NC(=O)C2NCCc3ccccc32)CC1. The number of fused-ring (bicyclic) bond motifs is 1. The monoisotopic (exact) mass is 669 g/mol. The molecule has 3 amide bonds. The topological polar surface area (TPSA) is 93.8 Å². The highest BCUT2D eigenvalue weighted by Gasteiger charge is 2.33. The first-order valence-electron chi connectivity index (χ1n) is 15.9. The van der Waals surface area contributed by atoms with Crippen molar-refractivity contribution in [3.63, 3.8) is 0 Å². The first kappa shape index (κ1) is 32.6. The van der Waals surface area contributed by atoms with Crippen LogP contribution in [0.4, 0.5) is 5.69 Å². The quantitative estimate of drug-likeness (QED) is 0.228. The lowest BCUT2D eigenvalue weighted by atomic mass is 9.93. The van der Waals surface area contributed by atoms with E-state index in [1.54, 1.807) is 24.3 Å². The fraction of sp³-hybridized carbons (Fsp3) is 0.270. The summed E-state index contributed by atoms with van der Waals surface area (Å²) in [6.07, 6.45) is 1.19. The van der Waals surface area contributed by atoms with Crippen LogP contribution < -0.4 is 20.9 Å². The summed E-state index contributed by atoms with van der Waals surface area (Å²) in [6.45, 7) is 3.08. The first-order valence-corrected chi connectivity index (χ1v) is 16.6. The molecule has 4 aromatic carbocycles. The molecule has 2 aliphatic heterocycles. The summed E-state index contributed by atoms with van der Waals surface area (Å²) in [5.41, 5.74) is 5.34. The maximum Gasteiger partial charge on any atom is 0.253 e. The van der Waals surface area contributed by atoms with Gasteiger partial charge in [-0.15, -0.1) is 0 Å². The molecule has 4 aromatic rings. The van der Waals surface area contributed by atoms with Crippen LogP contribution in [0.3, 0.4) is 0 Å². The van der Waals surface area contributed by atoms with Gasteiger partial charge in [0.1, 0.15) is 12.1 Å². The Morgan fingerprint density at radius 3 is 2.15 bits per heavy atom. The summed E-state index contributed by atoms with van der Waals surface area (Å²) in [7, 11) is 0. The molecule has 3 N–H and O–H groups in total. The van der Waals surface area contributed by atoms with Crippen molar-refractivity contribution >= 4 is 46.6 Å². The fourth-order valence-electron chi connectivity index (χ4n) is 6.26. The molecule has 6 rings (SSSR count). The van der Waals surface area contributed by atoms with Gasteiger partial charge in [-0.25, -0.2) is 0 Å². The second-order valence-corrected chi connectivity index (χ2v) is 12.7. The van der Waals surface area contributed by atoms with Crippen molar-refractivity contribution in [1.82, 2.24) is 20.9 Å². The third-order valence-electron chi connectivity index (χ3n) is 8.79. The van der Waals surface area contributed by atoms with Crippen LogP contribution in [0.2, 0.25) is 10.0 Å². The van der Waals surface area contributed by atoms with Crippen molar-refractivity contribution in [2.75, 3.05) is 37.6 Å². The lowest BCUT2D eigenvalue weighted by Crippen LogP contribution is -2.57. The van der Waals surface area contributed by atoms with Crippen molar-refractivity contribution in [2.24, 2.45) is 0 Å². The minimum atomic E-state index is -0.753. The van der Waals surface area contributed by atoms with E-state index in [0.717, 1.165) is 34.4 Å². The Morgan fingerprint density at radius 2 is 1.43 bits per heavy atom. The minimum Gasteiger partial charge on any atom is -0.367 e. The lowest BCUT2D eigenvalue weighted by molar-refractivity contribution is -0.137. The molecule has 10 heteroatoms. The molecule has 1 saturated heterocycles. The van der Waals surface area contributed by atoms with Gasteiger partial charge in [-0.05, 0) is 65.1 Å². The van der Waals surface area contributed by atoms with Crippen LogP contribution in [0.25, 0.3) is 0 Å². The van der Waals surface area contributed by atoms with E-state index in [-0.39, 0.29) is 17.7 Å². The largest absolute Gasteiger partial charge is 0.367 e. The zero-order valence-electron chi connectivity index (χ0n) is 25.9. The maximum atomic E-state index is 14.1. The van der Waals surface area contributed by atoms with Gasteiger partial charge in [0.2, 0.25) is 11.8 Å². The van der Waals surface area contributed by atoms with E-state index >= 15 is 0 Å². The van der Waals surface area contributed by atoms with Crippen LogP contribution in [0.1, 0.15) is 38.7 Å². The van der Waals surface area contributed by atoms with Gasteiger partial charge >= 0.3 is 0 Å². The highest BCUT2D eigenvalue weighted by molar-refractivity contribution is 6.30. The summed E-state index contributed by atoms with van der Waals surface area (Å²) < 4.78 is 0. The third kappa shape index (κ3) is 7.96. The Kier molecular flexibility index (Phi) is 10.4. The number of anilines is 1. The molecule has 2 atom stereocenters. The summed E-state index contributed by atoms with van der Waals surface area (Å²) in [5, 5.41) is 10.7. The number of amides is 3. The second kappa shape index (κ2) is 15.0. The van der Waals surface area contributed by atoms with Gasteiger partial charge in [0.15, 0.2) is 0 Å². The third-order valence-corrected chi connectivity index (χ3v) is 9.29. The number of benzene rings is 4. The smallest absolute Gasteiger partial charge is 0.253 e. The van der Waals surface area contributed by atoms with Crippen LogP contribution in [0.5, 0.6) is 0 Å². The van der Waals surface area contributed by atoms with Crippen molar-refractivity contribution in [3.05, 3.63) is 135 Å². The Bertz CT molecular complexity index is 1720. The number of rotatable bonds is 9.